The molecule has 0 spiro atoms. The number of benzene rings is 1. The van der Waals surface area contributed by atoms with E-state index in [1.165, 1.54) is 16.5 Å². The van der Waals surface area contributed by atoms with Crippen LogP contribution >= 0.6 is 15.9 Å². The van der Waals surface area contributed by atoms with E-state index in [1.807, 2.05) is 6.08 Å². The van der Waals surface area contributed by atoms with Gasteiger partial charge in [-0.3, -0.25) is 0 Å². The van der Waals surface area contributed by atoms with Crippen LogP contribution in [0.3, 0.4) is 0 Å². The van der Waals surface area contributed by atoms with Crippen LogP contribution in [0.2, 0.25) is 0 Å². The van der Waals surface area contributed by atoms with Crippen molar-refractivity contribution in [3.8, 4) is 0 Å². The number of hydrogen-bond acceptors (Lipinski definition) is 0. The molecule has 0 aromatic heterocycles. The summed E-state index contributed by atoms with van der Waals surface area (Å²) in [6.45, 7) is 3.70. The van der Waals surface area contributed by atoms with Gasteiger partial charge in [-0.25, -0.2) is 0 Å². The third-order valence-electron chi connectivity index (χ3n) is 1.76. The van der Waals surface area contributed by atoms with E-state index in [4.69, 9.17) is 0 Å². The maximum absolute atomic E-state index is 3.70. The van der Waals surface area contributed by atoms with Gasteiger partial charge in [0.15, 0.2) is 0 Å². The standard InChI is InChI=1S/C11H13Br/c1-2-3-4-6-10-7-5-8-11(12)9-10/h2,5,7-9H,1,3-4,6H2. The van der Waals surface area contributed by atoms with E-state index in [-0.39, 0.29) is 0 Å². The van der Waals surface area contributed by atoms with E-state index >= 15 is 0 Å². The molecule has 1 heteroatoms. The highest BCUT2D eigenvalue weighted by atomic mass is 79.9. The summed E-state index contributed by atoms with van der Waals surface area (Å²) in [5.74, 6) is 0. The monoisotopic (exact) mass is 224 g/mol. The number of aryl methyl sites for hydroxylation is 1. The summed E-state index contributed by atoms with van der Waals surface area (Å²) in [6.07, 6.45) is 5.41. The minimum Gasteiger partial charge on any atom is -0.103 e. The van der Waals surface area contributed by atoms with Gasteiger partial charge in [0, 0.05) is 4.47 Å². The molecule has 1 rings (SSSR count). The quantitative estimate of drug-likeness (QED) is 0.537. The highest BCUT2D eigenvalue weighted by Crippen LogP contribution is 2.13. The van der Waals surface area contributed by atoms with E-state index in [1.54, 1.807) is 0 Å². The highest BCUT2D eigenvalue weighted by Gasteiger charge is 1.92. The zero-order valence-electron chi connectivity index (χ0n) is 7.09. The second kappa shape index (κ2) is 5.15. The zero-order valence-corrected chi connectivity index (χ0v) is 8.68. The largest absolute Gasteiger partial charge is 0.103 e. The molecule has 64 valence electrons. The summed E-state index contributed by atoms with van der Waals surface area (Å²) in [5.41, 5.74) is 1.39. The van der Waals surface area contributed by atoms with Gasteiger partial charge in [-0.1, -0.05) is 34.1 Å². The number of rotatable bonds is 4. The Hall–Kier alpha value is -0.560. The molecule has 0 amide bonds. The fourth-order valence-electron chi connectivity index (χ4n) is 1.14. The lowest BCUT2D eigenvalue weighted by Crippen LogP contribution is -1.83. The first kappa shape index (κ1) is 9.53. The Balaban J connectivity index is 2.46. The fraction of sp³-hybridized carbons (Fsp3) is 0.273. The third kappa shape index (κ3) is 3.22. The van der Waals surface area contributed by atoms with Gasteiger partial charge in [-0.15, -0.1) is 6.58 Å². The Morgan fingerprint density at radius 3 is 2.92 bits per heavy atom. The first-order valence-electron chi connectivity index (χ1n) is 4.18. The minimum absolute atomic E-state index is 1.10. The van der Waals surface area contributed by atoms with Crippen molar-refractivity contribution in [3.63, 3.8) is 0 Å². The molecule has 0 aliphatic heterocycles. The zero-order chi connectivity index (χ0) is 8.81. The van der Waals surface area contributed by atoms with Gasteiger partial charge in [0.1, 0.15) is 0 Å². The summed E-state index contributed by atoms with van der Waals surface area (Å²) in [4.78, 5) is 0. The average Bonchev–Trinajstić information content (AvgIpc) is 2.05. The van der Waals surface area contributed by atoms with Gasteiger partial charge in [-0.2, -0.15) is 0 Å². The summed E-state index contributed by atoms with van der Waals surface area (Å²) in [7, 11) is 0. The fourth-order valence-corrected chi connectivity index (χ4v) is 1.59. The first-order valence-corrected chi connectivity index (χ1v) is 4.97. The first-order chi connectivity index (χ1) is 5.83. The van der Waals surface area contributed by atoms with Crippen LogP contribution in [-0.4, -0.2) is 0 Å². The molecule has 0 radical (unpaired) electrons. The lowest BCUT2D eigenvalue weighted by molar-refractivity contribution is 0.844. The molecule has 1 aromatic rings. The summed E-state index contributed by atoms with van der Waals surface area (Å²) < 4.78 is 1.17. The Kier molecular flexibility index (Phi) is 4.09. The molecule has 0 atom stereocenters. The Labute approximate surface area is 82.4 Å². The summed E-state index contributed by atoms with van der Waals surface area (Å²) in [6, 6.07) is 8.46. The van der Waals surface area contributed by atoms with Gasteiger partial charge in [-0.05, 0) is 37.0 Å². The SMILES string of the molecule is C=CCCCc1cccc(Br)c1. The van der Waals surface area contributed by atoms with Gasteiger partial charge in [0.25, 0.3) is 0 Å². The number of halogens is 1. The second-order valence-electron chi connectivity index (χ2n) is 2.81. The van der Waals surface area contributed by atoms with Crippen LogP contribution in [0, 0.1) is 0 Å². The topological polar surface area (TPSA) is 0 Å². The van der Waals surface area contributed by atoms with E-state index in [2.05, 4.69) is 46.8 Å². The molecule has 0 bridgehead atoms. The van der Waals surface area contributed by atoms with Crippen molar-refractivity contribution in [2.45, 2.75) is 19.3 Å². The van der Waals surface area contributed by atoms with Crippen LogP contribution in [-0.2, 0) is 6.42 Å². The minimum atomic E-state index is 1.10. The number of allylic oxidation sites excluding steroid dienone is 1. The molecule has 0 saturated carbocycles. The van der Waals surface area contributed by atoms with Crippen molar-refractivity contribution in [1.82, 2.24) is 0 Å². The lowest BCUT2D eigenvalue weighted by Gasteiger charge is -1.99. The molecule has 0 aliphatic rings. The van der Waals surface area contributed by atoms with Crippen LogP contribution in [0.1, 0.15) is 18.4 Å². The Morgan fingerprint density at radius 1 is 1.42 bits per heavy atom. The van der Waals surface area contributed by atoms with Crippen LogP contribution in [0.15, 0.2) is 41.4 Å². The van der Waals surface area contributed by atoms with E-state index in [9.17, 15) is 0 Å². The van der Waals surface area contributed by atoms with E-state index < -0.39 is 0 Å². The van der Waals surface area contributed by atoms with Crippen molar-refractivity contribution >= 4 is 15.9 Å². The molecule has 0 fully saturated rings. The van der Waals surface area contributed by atoms with Crippen molar-refractivity contribution < 1.29 is 0 Å². The van der Waals surface area contributed by atoms with E-state index in [0.29, 0.717) is 0 Å². The summed E-state index contributed by atoms with van der Waals surface area (Å²) >= 11 is 3.45. The van der Waals surface area contributed by atoms with Crippen LogP contribution < -0.4 is 0 Å². The van der Waals surface area contributed by atoms with Crippen LogP contribution in [0.4, 0.5) is 0 Å². The molecule has 0 heterocycles. The second-order valence-corrected chi connectivity index (χ2v) is 3.73. The maximum Gasteiger partial charge on any atom is 0.0177 e. The lowest BCUT2D eigenvalue weighted by atomic mass is 10.1. The predicted molar refractivity (Wildman–Crippen MR) is 57.3 cm³/mol. The van der Waals surface area contributed by atoms with Crippen molar-refractivity contribution in [1.29, 1.82) is 0 Å². The molecule has 0 saturated heterocycles. The summed E-state index contributed by atoms with van der Waals surface area (Å²) in [5, 5.41) is 0. The molecule has 1 aromatic carbocycles. The molecule has 0 nitrogen and oxygen atoms in total. The van der Waals surface area contributed by atoms with Crippen molar-refractivity contribution in [2.75, 3.05) is 0 Å². The van der Waals surface area contributed by atoms with Crippen molar-refractivity contribution in [2.24, 2.45) is 0 Å². The van der Waals surface area contributed by atoms with Crippen LogP contribution in [0.25, 0.3) is 0 Å². The molecule has 0 aliphatic carbocycles. The van der Waals surface area contributed by atoms with Crippen molar-refractivity contribution in [3.05, 3.63) is 47.0 Å². The molecule has 0 unspecified atom stereocenters. The Bertz CT molecular complexity index is 253. The van der Waals surface area contributed by atoms with Crippen LogP contribution in [0.5, 0.6) is 0 Å². The van der Waals surface area contributed by atoms with Gasteiger partial charge in [0.2, 0.25) is 0 Å². The molecular formula is C11H13Br. The van der Waals surface area contributed by atoms with Gasteiger partial charge >= 0.3 is 0 Å². The highest BCUT2D eigenvalue weighted by molar-refractivity contribution is 9.10. The Morgan fingerprint density at radius 2 is 2.25 bits per heavy atom. The number of hydrogen-bond donors (Lipinski definition) is 0. The average molecular weight is 225 g/mol. The number of unbranched alkanes of at least 4 members (excludes halogenated alkanes) is 1. The normalized spacial score (nSPS) is 9.75. The van der Waals surface area contributed by atoms with Gasteiger partial charge in [0.05, 0.1) is 0 Å². The van der Waals surface area contributed by atoms with Gasteiger partial charge < -0.3 is 0 Å². The smallest absolute Gasteiger partial charge is 0.0177 e. The van der Waals surface area contributed by atoms with E-state index in [0.717, 1.165) is 12.8 Å². The third-order valence-corrected chi connectivity index (χ3v) is 2.26. The molecule has 0 N–H and O–H groups in total. The predicted octanol–water partition coefficient (Wildman–Crippen LogP) is 3.96. The maximum atomic E-state index is 3.70. The molecular weight excluding hydrogens is 212 g/mol. The molecule has 12 heavy (non-hydrogen) atoms.